The smallest absolute Gasteiger partial charge is 0.348 e. The van der Waals surface area contributed by atoms with E-state index in [0.29, 0.717) is 18.7 Å². The van der Waals surface area contributed by atoms with Gasteiger partial charge in [0.15, 0.2) is 16.6 Å². The van der Waals surface area contributed by atoms with Crippen LogP contribution in [-0.2, 0) is 12.6 Å². The Kier molecular flexibility index (Phi) is 5.69. The van der Waals surface area contributed by atoms with E-state index >= 15 is 0 Å². The molecule has 0 bridgehead atoms. The number of Topliss-reactive ketones (excluding diaryl/α,β-unsaturated/α-hetero) is 1. The van der Waals surface area contributed by atoms with Crippen molar-refractivity contribution in [3.8, 4) is 10.6 Å². The number of hydrogen-bond donors (Lipinski definition) is 0. The van der Waals surface area contributed by atoms with E-state index in [1.54, 1.807) is 29.7 Å². The number of piperidine rings is 1. The molecule has 4 heterocycles. The van der Waals surface area contributed by atoms with Gasteiger partial charge in [0.1, 0.15) is 4.88 Å². The number of ketones is 1. The van der Waals surface area contributed by atoms with Crippen molar-refractivity contribution >= 4 is 33.6 Å². The number of nitrogens with zero attached hydrogens (tertiary/aromatic N) is 3. The second-order valence-electron chi connectivity index (χ2n) is 6.85. The normalized spacial score (nSPS) is 14.9. The first kappa shape index (κ1) is 20.0. The van der Waals surface area contributed by atoms with Crippen LogP contribution in [0.2, 0.25) is 0 Å². The van der Waals surface area contributed by atoms with Gasteiger partial charge in [-0.25, -0.2) is 4.98 Å². The third-order valence-corrected chi connectivity index (χ3v) is 6.78. The number of thiazole rings is 1. The maximum Gasteiger partial charge on any atom is 0.435 e. The number of carbonyl (C=O) groups is 1. The van der Waals surface area contributed by atoms with E-state index < -0.39 is 17.7 Å². The minimum Gasteiger partial charge on any atom is -0.348 e. The molecule has 9 heteroatoms. The van der Waals surface area contributed by atoms with Crippen LogP contribution in [0.4, 0.5) is 18.3 Å². The number of thiophene rings is 1. The van der Waals surface area contributed by atoms with Crippen LogP contribution in [0.15, 0.2) is 35.8 Å². The third kappa shape index (κ3) is 4.51. The first-order valence-electron chi connectivity index (χ1n) is 9.27. The van der Waals surface area contributed by atoms with Crippen molar-refractivity contribution in [3.05, 3.63) is 52.0 Å². The minimum absolute atomic E-state index is 0.136. The lowest BCUT2D eigenvalue weighted by Gasteiger charge is -2.25. The van der Waals surface area contributed by atoms with Crippen molar-refractivity contribution in [2.24, 2.45) is 0 Å². The maximum absolute atomic E-state index is 13.5. The summed E-state index contributed by atoms with van der Waals surface area (Å²) in [5.41, 5.74) is 0.282. The first-order chi connectivity index (χ1) is 13.9. The molecule has 4 rings (SSSR count). The van der Waals surface area contributed by atoms with Crippen molar-refractivity contribution in [1.82, 2.24) is 9.97 Å². The highest BCUT2D eigenvalue weighted by Crippen LogP contribution is 2.38. The molecule has 1 fully saturated rings. The molecule has 0 amide bonds. The van der Waals surface area contributed by atoms with Gasteiger partial charge in [-0.05, 0) is 42.3 Å². The van der Waals surface area contributed by atoms with E-state index in [2.05, 4.69) is 9.97 Å². The van der Waals surface area contributed by atoms with E-state index in [-0.39, 0.29) is 16.4 Å². The van der Waals surface area contributed by atoms with Gasteiger partial charge < -0.3 is 4.90 Å². The molecule has 0 unspecified atom stereocenters. The fraction of sp³-hybridized carbons (Fsp3) is 0.350. The number of carbonyl (C=O) groups excluding carboxylic acids is 1. The van der Waals surface area contributed by atoms with E-state index in [1.807, 2.05) is 22.4 Å². The zero-order valence-corrected chi connectivity index (χ0v) is 17.0. The highest BCUT2D eigenvalue weighted by Gasteiger charge is 2.40. The topological polar surface area (TPSA) is 46.1 Å². The van der Waals surface area contributed by atoms with Crippen molar-refractivity contribution in [2.75, 3.05) is 18.0 Å². The van der Waals surface area contributed by atoms with Crippen LogP contribution in [0.5, 0.6) is 0 Å². The van der Waals surface area contributed by atoms with E-state index in [4.69, 9.17) is 0 Å². The monoisotopic (exact) mass is 437 g/mol. The predicted molar refractivity (Wildman–Crippen MR) is 109 cm³/mol. The molecule has 0 atom stereocenters. The van der Waals surface area contributed by atoms with Gasteiger partial charge in [0.05, 0.1) is 10.6 Å². The molecular formula is C20H18F3N3OS2. The van der Waals surface area contributed by atoms with Gasteiger partial charge in [-0.2, -0.15) is 13.2 Å². The number of anilines is 1. The quantitative estimate of drug-likeness (QED) is 0.480. The van der Waals surface area contributed by atoms with Crippen LogP contribution < -0.4 is 4.90 Å². The molecule has 1 aliphatic rings. The SMILES string of the molecule is O=C(Cc1ccc(-c2cccs2)nc1)c1sc(N2CCCCC2)nc1C(F)(F)F. The summed E-state index contributed by atoms with van der Waals surface area (Å²) in [5.74, 6) is -0.580. The Morgan fingerprint density at radius 1 is 1.14 bits per heavy atom. The number of aromatic nitrogens is 2. The number of hydrogen-bond acceptors (Lipinski definition) is 6. The van der Waals surface area contributed by atoms with Gasteiger partial charge in [-0.15, -0.1) is 11.3 Å². The zero-order chi connectivity index (χ0) is 20.4. The molecule has 3 aromatic rings. The molecule has 0 aliphatic carbocycles. The summed E-state index contributed by atoms with van der Waals surface area (Å²) < 4.78 is 40.5. The Bertz CT molecular complexity index is 976. The van der Waals surface area contributed by atoms with Crippen molar-refractivity contribution in [3.63, 3.8) is 0 Å². The maximum atomic E-state index is 13.5. The molecule has 152 valence electrons. The number of rotatable bonds is 5. The second kappa shape index (κ2) is 8.23. The van der Waals surface area contributed by atoms with Crippen LogP contribution in [0.3, 0.4) is 0 Å². The number of halogens is 3. The molecular weight excluding hydrogens is 419 g/mol. The van der Waals surface area contributed by atoms with Crippen molar-refractivity contribution in [1.29, 1.82) is 0 Å². The molecule has 1 saturated heterocycles. The summed E-state index contributed by atoms with van der Waals surface area (Å²) in [4.78, 5) is 23.4. The van der Waals surface area contributed by atoms with Gasteiger partial charge >= 0.3 is 6.18 Å². The molecule has 4 nitrogen and oxygen atoms in total. The Hall–Kier alpha value is -2.26. The summed E-state index contributed by atoms with van der Waals surface area (Å²) in [6.07, 6.45) is -0.334. The minimum atomic E-state index is -4.66. The van der Waals surface area contributed by atoms with Crippen LogP contribution in [0.25, 0.3) is 10.6 Å². The van der Waals surface area contributed by atoms with Crippen LogP contribution in [-0.4, -0.2) is 28.8 Å². The molecule has 3 aromatic heterocycles. The number of alkyl halides is 3. The highest BCUT2D eigenvalue weighted by atomic mass is 32.1. The Labute approximate surface area is 174 Å². The lowest BCUT2D eigenvalue weighted by Crippen LogP contribution is -2.29. The molecule has 0 spiro atoms. The first-order valence-corrected chi connectivity index (χ1v) is 11.0. The molecule has 0 saturated carbocycles. The summed E-state index contributed by atoms with van der Waals surface area (Å²) in [5, 5.41) is 2.23. The molecule has 29 heavy (non-hydrogen) atoms. The fourth-order valence-electron chi connectivity index (χ4n) is 3.28. The third-order valence-electron chi connectivity index (χ3n) is 4.73. The van der Waals surface area contributed by atoms with E-state index in [1.165, 1.54) is 0 Å². The van der Waals surface area contributed by atoms with Gasteiger partial charge in [-0.1, -0.05) is 23.5 Å². The lowest BCUT2D eigenvalue weighted by atomic mass is 10.1. The van der Waals surface area contributed by atoms with E-state index in [9.17, 15) is 18.0 Å². The van der Waals surface area contributed by atoms with Gasteiger partial charge in [-0.3, -0.25) is 9.78 Å². The summed E-state index contributed by atoms with van der Waals surface area (Å²) in [6.45, 7) is 1.35. The summed E-state index contributed by atoms with van der Waals surface area (Å²) in [7, 11) is 0. The van der Waals surface area contributed by atoms with E-state index in [0.717, 1.165) is 41.2 Å². The standard InChI is InChI=1S/C20H18F3N3OS2/c21-20(22,23)18-17(29-19(25-18)26-8-2-1-3-9-26)15(27)11-13-6-7-14(24-12-13)16-5-4-10-28-16/h4-7,10,12H,1-3,8-9,11H2. The predicted octanol–water partition coefficient (Wildman–Crippen LogP) is 5.70. The Morgan fingerprint density at radius 2 is 1.93 bits per heavy atom. The molecule has 0 aromatic carbocycles. The highest BCUT2D eigenvalue weighted by molar-refractivity contribution is 7.17. The van der Waals surface area contributed by atoms with Gasteiger partial charge in [0.2, 0.25) is 0 Å². The Balaban J connectivity index is 1.56. The van der Waals surface area contributed by atoms with Crippen LogP contribution in [0, 0.1) is 0 Å². The molecule has 0 N–H and O–H groups in total. The van der Waals surface area contributed by atoms with Crippen molar-refractivity contribution < 1.29 is 18.0 Å². The van der Waals surface area contributed by atoms with Gasteiger partial charge in [0, 0.05) is 25.7 Å². The van der Waals surface area contributed by atoms with Crippen molar-refractivity contribution in [2.45, 2.75) is 31.9 Å². The summed E-state index contributed by atoms with van der Waals surface area (Å²) in [6, 6.07) is 7.37. The largest absolute Gasteiger partial charge is 0.435 e. The molecule has 1 aliphatic heterocycles. The van der Waals surface area contributed by atoms with Crippen LogP contribution >= 0.6 is 22.7 Å². The van der Waals surface area contributed by atoms with Gasteiger partial charge in [0.25, 0.3) is 0 Å². The Morgan fingerprint density at radius 3 is 2.55 bits per heavy atom. The average Bonchev–Trinajstić information content (AvgIpc) is 3.39. The number of pyridine rings is 1. The lowest BCUT2D eigenvalue weighted by molar-refractivity contribution is -0.141. The van der Waals surface area contributed by atoms with Crippen LogP contribution in [0.1, 0.15) is 40.2 Å². The summed E-state index contributed by atoms with van der Waals surface area (Å²) >= 11 is 2.40. The molecule has 0 radical (unpaired) electrons. The second-order valence-corrected chi connectivity index (χ2v) is 8.77. The average molecular weight is 438 g/mol. The fourth-order valence-corrected chi connectivity index (χ4v) is 5.05. The zero-order valence-electron chi connectivity index (χ0n) is 15.4.